The quantitative estimate of drug-likeness (QED) is 0.800. The number of para-hydroxylation sites is 1. The lowest BCUT2D eigenvalue weighted by Gasteiger charge is -2.33. The molecule has 2 rings (SSSR count). The number of nitrogens with zero attached hydrogens (tertiary/aromatic N) is 2. The molecule has 1 aliphatic rings. The molecule has 0 unspecified atom stereocenters. The summed E-state index contributed by atoms with van der Waals surface area (Å²) in [5.74, 6) is 1.15. The number of phenolic OH excluding ortho intramolecular Hbond substituents is 1. The minimum atomic E-state index is 0. The summed E-state index contributed by atoms with van der Waals surface area (Å²) in [4.78, 5) is 16.6. The summed E-state index contributed by atoms with van der Waals surface area (Å²) in [6.07, 6.45) is 3.95. The molecule has 0 spiro atoms. The highest BCUT2D eigenvalue weighted by Crippen LogP contribution is 2.31. The Morgan fingerprint density at radius 2 is 2.04 bits per heavy atom. The van der Waals surface area contributed by atoms with Crippen molar-refractivity contribution in [2.45, 2.75) is 39.2 Å². The molecular formula is C19H31ClN2O3. The van der Waals surface area contributed by atoms with E-state index in [1.54, 1.807) is 13.2 Å². The maximum Gasteiger partial charge on any atom is 0.225 e. The smallest absolute Gasteiger partial charge is 0.225 e. The van der Waals surface area contributed by atoms with E-state index >= 15 is 0 Å². The van der Waals surface area contributed by atoms with E-state index in [2.05, 4.69) is 11.8 Å². The molecule has 1 saturated heterocycles. The van der Waals surface area contributed by atoms with E-state index in [9.17, 15) is 9.90 Å². The van der Waals surface area contributed by atoms with Crippen molar-refractivity contribution in [3.05, 3.63) is 23.8 Å². The molecule has 0 saturated carbocycles. The number of amides is 1. The molecule has 142 valence electrons. The third kappa shape index (κ3) is 5.79. The van der Waals surface area contributed by atoms with Crippen LogP contribution in [-0.4, -0.2) is 54.6 Å². The summed E-state index contributed by atoms with van der Waals surface area (Å²) in [5.41, 5.74) is 0.874. The van der Waals surface area contributed by atoms with E-state index in [1.807, 2.05) is 24.1 Å². The molecule has 1 amide bonds. The number of aromatic hydroxyl groups is 1. The van der Waals surface area contributed by atoms with Gasteiger partial charge in [-0.25, -0.2) is 0 Å². The van der Waals surface area contributed by atoms with Crippen LogP contribution in [0.15, 0.2) is 18.2 Å². The van der Waals surface area contributed by atoms with Gasteiger partial charge < -0.3 is 14.7 Å². The zero-order chi connectivity index (χ0) is 17.5. The highest BCUT2D eigenvalue weighted by atomic mass is 35.5. The van der Waals surface area contributed by atoms with Crippen molar-refractivity contribution in [1.82, 2.24) is 9.80 Å². The Bertz CT molecular complexity index is 545. The lowest BCUT2D eigenvalue weighted by Crippen LogP contribution is -2.41. The van der Waals surface area contributed by atoms with E-state index in [0.717, 1.165) is 50.9 Å². The lowest BCUT2D eigenvalue weighted by molar-refractivity contribution is -0.135. The summed E-state index contributed by atoms with van der Waals surface area (Å²) in [5, 5.41) is 10.2. The van der Waals surface area contributed by atoms with Crippen LogP contribution in [0.25, 0.3) is 0 Å². The fourth-order valence-corrected chi connectivity index (χ4v) is 3.26. The third-order valence-electron chi connectivity index (χ3n) is 4.86. The summed E-state index contributed by atoms with van der Waals surface area (Å²) >= 11 is 0. The van der Waals surface area contributed by atoms with Crippen molar-refractivity contribution < 1.29 is 14.6 Å². The number of piperidine rings is 1. The number of hydrogen-bond donors (Lipinski definition) is 1. The number of phenols is 1. The minimum absolute atomic E-state index is 0. The van der Waals surface area contributed by atoms with Gasteiger partial charge in [0.2, 0.25) is 5.91 Å². The molecule has 1 heterocycles. The molecule has 0 bridgehead atoms. The zero-order valence-electron chi connectivity index (χ0n) is 15.5. The SMILES string of the molecule is CCCCN(C)C(=O)C1CCN(Cc2cccc(OC)c2O)CC1.Cl. The number of carbonyl (C=O) groups is 1. The van der Waals surface area contributed by atoms with Crippen LogP contribution in [0.1, 0.15) is 38.2 Å². The second-order valence-electron chi connectivity index (χ2n) is 6.63. The largest absolute Gasteiger partial charge is 0.504 e. The first-order valence-electron chi connectivity index (χ1n) is 8.89. The number of halogens is 1. The molecule has 5 nitrogen and oxygen atoms in total. The summed E-state index contributed by atoms with van der Waals surface area (Å²) < 4.78 is 5.16. The standard InChI is InChI=1S/C19H30N2O3.ClH/c1-4-5-11-20(2)19(23)15-9-12-21(13-10-15)14-16-7-6-8-17(24-3)18(16)22;/h6-8,15,22H,4-5,9-14H2,1-3H3;1H. The molecule has 0 aromatic heterocycles. The van der Waals surface area contributed by atoms with Crippen LogP contribution in [0, 0.1) is 5.92 Å². The highest BCUT2D eigenvalue weighted by Gasteiger charge is 2.27. The van der Waals surface area contributed by atoms with E-state index in [-0.39, 0.29) is 30.0 Å². The Kier molecular flexibility index (Phi) is 9.08. The Hall–Kier alpha value is -1.46. The Balaban J connectivity index is 0.00000312. The first kappa shape index (κ1) is 21.6. The normalized spacial score (nSPS) is 15.5. The van der Waals surface area contributed by atoms with Crippen molar-refractivity contribution in [1.29, 1.82) is 0 Å². The number of likely N-dealkylation sites (tertiary alicyclic amines) is 1. The van der Waals surface area contributed by atoms with Crippen molar-refractivity contribution >= 4 is 18.3 Å². The van der Waals surface area contributed by atoms with Crippen LogP contribution < -0.4 is 4.74 Å². The fraction of sp³-hybridized carbons (Fsp3) is 0.632. The van der Waals surface area contributed by atoms with E-state index < -0.39 is 0 Å². The van der Waals surface area contributed by atoms with Crippen LogP contribution >= 0.6 is 12.4 Å². The van der Waals surface area contributed by atoms with Gasteiger partial charge in [-0.1, -0.05) is 25.5 Å². The summed E-state index contributed by atoms with van der Waals surface area (Å²) in [6.45, 7) is 5.46. The van der Waals surface area contributed by atoms with Crippen LogP contribution in [-0.2, 0) is 11.3 Å². The zero-order valence-corrected chi connectivity index (χ0v) is 16.3. The van der Waals surface area contributed by atoms with Gasteiger partial charge >= 0.3 is 0 Å². The molecule has 1 N–H and O–H groups in total. The van der Waals surface area contributed by atoms with Crippen LogP contribution in [0.4, 0.5) is 0 Å². The average molecular weight is 371 g/mol. The monoisotopic (exact) mass is 370 g/mol. The van der Waals surface area contributed by atoms with Gasteiger partial charge in [-0.2, -0.15) is 0 Å². The molecule has 25 heavy (non-hydrogen) atoms. The van der Waals surface area contributed by atoms with Crippen LogP contribution in [0.5, 0.6) is 11.5 Å². The lowest BCUT2D eigenvalue weighted by atomic mass is 9.95. The molecule has 1 aromatic carbocycles. The Morgan fingerprint density at radius 1 is 1.36 bits per heavy atom. The number of hydrogen-bond acceptors (Lipinski definition) is 4. The van der Waals surface area contributed by atoms with Gasteiger partial charge in [-0.15, -0.1) is 12.4 Å². The predicted octanol–water partition coefficient (Wildman–Crippen LogP) is 3.29. The summed E-state index contributed by atoms with van der Waals surface area (Å²) in [6, 6.07) is 5.58. The van der Waals surface area contributed by atoms with Gasteiger partial charge in [-0.3, -0.25) is 9.69 Å². The number of unbranched alkanes of at least 4 members (excludes halogenated alkanes) is 1. The molecule has 0 aliphatic carbocycles. The van der Waals surface area contributed by atoms with Gasteiger partial charge in [0.05, 0.1) is 7.11 Å². The van der Waals surface area contributed by atoms with Crippen molar-refractivity contribution in [3.8, 4) is 11.5 Å². The molecule has 1 fully saturated rings. The van der Waals surface area contributed by atoms with Gasteiger partial charge in [0.25, 0.3) is 0 Å². The first-order valence-corrected chi connectivity index (χ1v) is 8.89. The van der Waals surface area contributed by atoms with E-state index in [1.165, 1.54) is 0 Å². The molecule has 1 aliphatic heterocycles. The number of ether oxygens (including phenoxy) is 1. The number of methoxy groups -OCH3 is 1. The van der Waals surface area contributed by atoms with Gasteiger partial charge in [0.1, 0.15) is 0 Å². The second-order valence-corrected chi connectivity index (χ2v) is 6.63. The van der Waals surface area contributed by atoms with E-state index in [4.69, 9.17) is 4.74 Å². The van der Waals surface area contributed by atoms with Crippen molar-refractivity contribution in [2.24, 2.45) is 5.92 Å². The topological polar surface area (TPSA) is 53.0 Å². The maximum absolute atomic E-state index is 12.5. The molecule has 0 radical (unpaired) electrons. The number of benzene rings is 1. The predicted molar refractivity (Wildman–Crippen MR) is 102 cm³/mol. The van der Waals surface area contributed by atoms with E-state index in [0.29, 0.717) is 12.3 Å². The fourth-order valence-electron chi connectivity index (χ4n) is 3.26. The number of rotatable bonds is 7. The van der Waals surface area contributed by atoms with Crippen molar-refractivity contribution in [3.63, 3.8) is 0 Å². The highest BCUT2D eigenvalue weighted by molar-refractivity contribution is 5.85. The minimum Gasteiger partial charge on any atom is -0.504 e. The third-order valence-corrected chi connectivity index (χ3v) is 4.86. The Labute approximate surface area is 157 Å². The molecule has 1 aromatic rings. The maximum atomic E-state index is 12.5. The average Bonchev–Trinajstić information content (AvgIpc) is 2.61. The van der Waals surface area contributed by atoms with Crippen molar-refractivity contribution in [2.75, 3.05) is 33.8 Å². The second kappa shape index (κ2) is 10.5. The number of carbonyl (C=O) groups excluding carboxylic acids is 1. The van der Waals surface area contributed by atoms with Gasteiger partial charge in [0, 0.05) is 31.6 Å². The molecular weight excluding hydrogens is 340 g/mol. The van der Waals surface area contributed by atoms with Crippen LogP contribution in [0.3, 0.4) is 0 Å². The van der Waals surface area contributed by atoms with Gasteiger partial charge in [0.15, 0.2) is 11.5 Å². The summed E-state index contributed by atoms with van der Waals surface area (Å²) in [7, 11) is 3.48. The Morgan fingerprint density at radius 3 is 2.64 bits per heavy atom. The molecule has 0 atom stereocenters. The first-order chi connectivity index (χ1) is 11.6. The van der Waals surface area contributed by atoms with Crippen LogP contribution in [0.2, 0.25) is 0 Å². The van der Waals surface area contributed by atoms with Gasteiger partial charge in [-0.05, 0) is 38.4 Å². The molecule has 6 heteroatoms.